The summed E-state index contributed by atoms with van der Waals surface area (Å²) in [6, 6.07) is 4.86. The van der Waals surface area contributed by atoms with Crippen LogP contribution in [-0.4, -0.2) is 79.3 Å². The molecule has 0 radical (unpaired) electrons. The van der Waals surface area contributed by atoms with Crippen LogP contribution < -0.4 is 10.6 Å². The van der Waals surface area contributed by atoms with Crippen LogP contribution in [0.1, 0.15) is 12.0 Å². The van der Waals surface area contributed by atoms with Gasteiger partial charge in [-0.2, -0.15) is 11.8 Å². The number of aromatic amines is 1. The van der Waals surface area contributed by atoms with Crippen molar-refractivity contribution in [3.05, 3.63) is 35.8 Å². The van der Waals surface area contributed by atoms with E-state index in [2.05, 4.69) is 25.5 Å². The van der Waals surface area contributed by atoms with Gasteiger partial charge < -0.3 is 20.4 Å². The van der Waals surface area contributed by atoms with Crippen molar-refractivity contribution >= 4 is 52.6 Å². The normalized spacial score (nSPS) is 22.8. The fourth-order valence-corrected chi connectivity index (χ4v) is 5.75. The fourth-order valence-electron chi connectivity index (χ4n) is 4.28. The largest absolute Gasteiger partial charge is 0.379 e. The number of rotatable bonds is 6. The fraction of sp³-hybridized carbons (Fsp3) is 0.571. The van der Waals surface area contributed by atoms with E-state index in [1.54, 1.807) is 19.2 Å². The van der Waals surface area contributed by atoms with Crippen molar-refractivity contribution in [1.29, 1.82) is 0 Å². The monoisotopic (exact) mass is 547 g/mol. The van der Waals surface area contributed by atoms with Crippen molar-refractivity contribution in [3.63, 3.8) is 0 Å². The Bertz CT molecular complexity index is 849. The minimum absolute atomic E-state index is 0. The van der Waals surface area contributed by atoms with Gasteiger partial charge in [-0.05, 0) is 42.4 Å². The predicted octanol–water partition coefficient (Wildman–Crippen LogP) is 2.84. The lowest BCUT2D eigenvalue weighted by atomic mass is 9.95. The Kier molecular flexibility index (Phi) is 8.67. The van der Waals surface area contributed by atoms with Gasteiger partial charge in [0.2, 0.25) is 0 Å². The van der Waals surface area contributed by atoms with E-state index in [1.165, 1.54) is 18.2 Å². The number of hydrogen-bond donors (Lipinski definition) is 3. The summed E-state index contributed by atoms with van der Waals surface area (Å²) in [5, 5.41) is 7.91. The van der Waals surface area contributed by atoms with E-state index in [0.717, 1.165) is 74.0 Å². The average Bonchev–Trinajstić information content (AvgIpc) is 3.39. The first-order chi connectivity index (χ1) is 14.2. The van der Waals surface area contributed by atoms with Crippen LogP contribution in [-0.2, 0) is 11.2 Å². The van der Waals surface area contributed by atoms with Gasteiger partial charge in [-0.15, -0.1) is 24.0 Å². The quantitative estimate of drug-likeness (QED) is 0.295. The van der Waals surface area contributed by atoms with Crippen molar-refractivity contribution in [2.75, 3.05) is 57.9 Å². The topological polar surface area (TPSA) is 64.7 Å². The highest BCUT2D eigenvalue weighted by Crippen LogP contribution is 2.33. The molecule has 2 aromatic rings. The van der Waals surface area contributed by atoms with E-state index in [0.29, 0.717) is 0 Å². The molecule has 3 N–H and O–H groups in total. The van der Waals surface area contributed by atoms with E-state index >= 15 is 0 Å². The maximum Gasteiger partial charge on any atom is 0.191 e. The second kappa shape index (κ2) is 11.0. The molecule has 2 aliphatic rings. The third kappa shape index (κ3) is 5.41. The molecular weight excluding hydrogens is 516 g/mol. The number of morpholine rings is 1. The molecule has 1 aromatic carbocycles. The Morgan fingerprint density at radius 3 is 2.90 bits per heavy atom. The number of thioether (sulfide) groups is 1. The van der Waals surface area contributed by atoms with Gasteiger partial charge in [-0.3, -0.25) is 9.89 Å². The molecule has 166 valence electrons. The second-order valence-electron chi connectivity index (χ2n) is 7.73. The van der Waals surface area contributed by atoms with E-state index in [4.69, 9.17) is 4.74 Å². The number of guanidine groups is 1. The van der Waals surface area contributed by atoms with Gasteiger partial charge in [0.1, 0.15) is 5.82 Å². The lowest BCUT2D eigenvalue weighted by Crippen LogP contribution is -2.60. The Hall–Kier alpha value is -1.04. The van der Waals surface area contributed by atoms with Crippen LogP contribution in [0.5, 0.6) is 0 Å². The predicted molar refractivity (Wildman–Crippen MR) is 134 cm³/mol. The van der Waals surface area contributed by atoms with Gasteiger partial charge in [0.15, 0.2) is 5.96 Å². The molecule has 0 saturated carbocycles. The highest BCUT2D eigenvalue weighted by Gasteiger charge is 2.40. The molecule has 9 heteroatoms. The molecule has 0 amide bonds. The number of nitrogens with zero attached hydrogens (tertiary/aromatic N) is 2. The minimum Gasteiger partial charge on any atom is -0.379 e. The summed E-state index contributed by atoms with van der Waals surface area (Å²) in [5.41, 5.74) is 2.26. The van der Waals surface area contributed by atoms with Crippen molar-refractivity contribution < 1.29 is 9.13 Å². The zero-order valence-electron chi connectivity index (χ0n) is 17.4. The number of benzene rings is 1. The van der Waals surface area contributed by atoms with Crippen LogP contribution >= 0.6 is 35.7 Å². The number of hydrogen-bond acceptors (Lipinski definition) is 4. The molecule has 2 saturated heterocycles. The van der Waals surface area contributed by atoms with E-state index in [1.807, 2.05) is 18.0 Å². The summed E-state index contributed by atoms with van der Waals surface area (Å²) in [4.78, 5) is 10.2. The van der Waals surface area contributed by atoms with Crippen LogP contribution in [0, 0.1) is 5.82 Å². The van der Waals surface area contributed by atoms with Crippen molar-refractivity contribution in [2.24, 2.45) is 4.99 Å². The second-order valence-corrected chi connectivity index (χ2v) is 8.84. The minimum atomic E-state index is -0.202. The van der Waals surface area contributed by atoms with Crippen molar-refractivity contribution in [2.45, 2.75) is 18.4 Å². The number of aromatic nitrogens is 1. The van der Waals surface area contributed by atoms with Gasteiger partial charge >= 0.3 is 0 Å². The van der Waals surface area contributed by atoms with Crippen LogP contribution in [0.3, 0.4) is 0 Å². The highest BCUT2D eigenvalue weighted by atomic mass is 127. The summed E-state index contributed by atoms with van der Waals surface area (Å²) in [6.45, 7) is 5.28. The molecular formula is C21H31FIN5OS. The first kappa shape index (κ1) is 23.6. The summed E-state index contributed by atoms with van der Waals surface area (Å²) in [6.07, 6.45) is 3.96. The number of nitrogens with one attached hydrogen (secondary N) is 3. The number of ether oxygens (including phenoxy) is 1. The van der Waals surface area contributed by atoms with Gasteiger partial charge in [-0.1, -0.05) is 0 Å². The number of aliphatic imine (C=N–C) groups is 1. The Morgan fingerprint density at radius 2 is 2.17 bits per heavy atom. The molecule has 0 aliphatic carbocycles. The van der Waals surface area contributed by atoms with Crippen LogP contribution in [0.2, 0.25) is 0 Å². The van der Waals surface area contributed by atoms with Crippen molar-refractivity contribution in [1.82, 2.24) is 20.5 Å². The summed E-state index contributed by atoms with van der Waals surface area (Å²) in [7, 11) is 1.81. The van der Waals surface area contributed by atoms with E-state index < -0.39 is 0 Å². The Balaban J connectivity index is 0.00000256. The Labute approximate surface area is 198 Å². The summed E-state index contributed by atoms with van der Waals surface area (Å²) < 4.78 is 19.1. The van der Waals surface area contributed by atoms with Gasteiger partial charge in [0, 0.05) is 61.6 Å². The molecule has 4 rings (SSSR count). The maximum atomic E-state index is 13.6. The molecule has 30 heavy (non-hydrogen) atoms. The number of H-pyrrole nitrogens is 1. The third-order valence-corrected chi connectivity index (χ3v) is 7.22. The first-order valence-electron chi connectivity index (χ1n) is 10.3. The standard InChI is InChI=1S/C21H30FN5OS.HI/c1-23-20(24-6-4-16-13-25-19-3-2-17(22)12-18(16)19)26-14-21(5-11-29-15-21)27-7-9-28-10-8-27;/h2-3,12-13,25H,4-11,14-15H2,1H3,(H2,23,24,26);1H. The molecule has 2 aliphatic heterocycles. The molecule has 0 spiro atoms. The van der Waals surface area contributed by atoms with Crippen LogP contribution in [0.25, 0.3) is 10.9 Å². The molecule has 0 bridgehead atoms. The number of fused-ring (bicyclic) bond motifs is 1. The van der Waals surface area contributed by atoms with E-state index in [9.17, 15) is 4.39 Å². The smallest absolute Gasteiger partial charge is 0.191 e. The Morgan fingerprint density at radius 1 is 1.33 bits per heavy atom. The molecule has 2 fully saturated rings. The summed E-state index contributed by atoms with van der Waals surface area (Å²) in [5.74, 6) is 2.98. The molecule has 6 nitrogen and oxygen atoms in total. The molecule has 1 atom stereocenters. The lowest BCUT2D eigenvalue weighted by Gasteiger charge is -2.43. The zero-order valence-corrected chi connectivity index (χ0v) is 20.5. The molecule has 1 aromatic heterocycles. The van der Waals surface area contributed by atoms with Gasteiger partial charge in [0.25, 0.3) is 0 Å². The highest BCUT2D eigenvalue weighted by molar-refractivity contribution is 14.0. The van der Waals surface area contributed by atoms with Crippen LogP contribution in [0.15, 0.2) is 29.4 Å². The summed E-state index contributed by atoms with van der Waals surface area (Å²) >= 11 is 2.04. The van der Waals surface area contributed by atoms with E-state index in [-0.39, 0.29) is 35.3 Å². The first-order valence-corrected chi connectivity index (χ1v) is 11.5. The van der Waals surface area contributed by atoms with Crippen molar-refractivity contribution in [3.8, 4) is 0 Å². The molecule has 1 unspecified atom stereocenters. The van der Waals surface area contributed by atoms with Crippen LogP contribution in [0.4, 0.5) is 4.39 Å². The van der Waals surface area contributed by atoms with Gasteiger partial charge in [0.05, 0.1) is 13.2 Å². The average molecular weight is 547 g/mol. The number of halogens is 2. The molecule has 3 heterocycles. The maximum absolute atomic E-state index is 13.6. The SMILES string of the molecule is CN=C(NCCc1c[nH]c2ccc(F)cc12)NCC1(N2CCOCC2)CCSC1.I. The third-order valence-electron chi connectivity index (χ3n) is 5.99. The van der Waals surface area contributed by atoms with Gasteiger partial charge in [-0.25, -0.2) is 4.39 Å². The lowest BCUT2D eigenvalue weighted by molar-refractivity contribution is -0.0120. The zero-order chi connectivity index (χ0) is 20.1.